The van der Waals surface area contributed by atoms with E-state index < -0.39 is 15.6 Å². The first-order valence-electron chi connectivity index (χ1n) is 7.99. The summed E-state index contributed by atoms with van der Waals surface area (Å²) < 4.78 is 33.0. The lowest BCUT2D eigenvalue weighted by Gasteiger charge is -2.46. The number of aryl methyl sites for hydroxylation is 2. The van der Waals surface area contributed by atoms with E-state index in [4.69, 9.17) is 4.52 Å². The lowest BCUT2D eigenvalue weighted by molar-refractivity contribution is 0.205. The predicted molar refractivity (Wildman–Crippen MR) is 92.6 cm³/mol. The van der Waals surface area contributed by atoms with Crippen LogP contribution in [0.5, 0.6) is 0 Å². The zero-order valence-electron chi connectivity index (χ0n) is 14.5. The molecule has 3 rings (SSSR count). The molecule has 130 valence electrons. The van der Waals surface area contributed by atoms with Gasteiger partial charge in [-0.05, 0) is 39.8 Å². The fourth-order valence-corrected chi connectivity index (χ4v) is 5.46. The molecule has 0 bridgehead atoms. The van der Waals surface area contributed by atoms with E-state index in [2.05, 4.69) is 22.2 Å². The summed E-state index contributed by atoms with van der Waals surface area (Å²) >= 11 is 0. The van der Waals surface area contributed by atoms with Crippen molar-refractivity contribution in [1.82, 2.24) is 9.46 Å². The standard InChI is InChI=1S/C17H23N3O3S/c1-13-16(14(2)23-18-13)24(21,22)20-11-10-19(12-17(20,3)4)15-8-6-5-7-9-15/h5-9H,10-12H2,1-4H3. The van der Waals surface area contributed by atoms with Crippen LogP contribution in [-0.4, -0.2) is 43.1 Å². The molecule has 0 spiro atoms. The maximum atomic E-state index is 13.2. The number of nitrogens with zero attached hydrogens (tertiary/aromatic N) is 3. The molecule has 0 amide bonds. The largest absolute Gasteiger partial charge is 0.368 e. The van der Waals surface area contributed by atoms with Crippen molar-refractivity contribution < 1.29 is 12.9 Å². The number of benzene rings is 1. The Balaban J connectivity index is 1.91. The molecular formula is C17H23N3O3S. The highest BCUT2D eigenvalue weighted by Crippen LogP contribution is 2.32. The van der Waals surface area contributed by atoms with E-state index >= 15 is 0 Å². The minimum Gasteiger partial charge on any atom is -0.368 e. The molecule has 1 aromatic carbocycles. The Morgan fingerprint density at radius 1 is 1.12 bits per heavy atom. The number of anilines is 1. The molecule has 0 N–H and O–H groups in total. The number of hydrogen-bond donors (Lipinski definition) is 0. The van der Waals surface area contributed by atoms with Crippen molar-refractivity contribution in [3.05, 3.63) is 41.8 Å². The highest BCUT2D eigenvalue weighted by Gasteiger charge is 2.43. The van der Waals surface area contributed by atoms with Crippen LogP contribution < -0.4 is 4.90 Å². The van der Waals surface area contributed by atoms with Gasteiger partial charge in [-0.15, -0.1) is 0 Å². The van der Waals surface area contributed by atoms with Gasteiger partial charge in [0.2, 0.25) is 10.0 Å². The van der Waals surface area contributed by atoms with Gasteiger partial charge < -0.3 is 9.42 Å². The van der Waals surface area contributed by atoms with Crippen molar-refractivity contribution in [1.29, 1.82) is 0 Å². The van der Waals surface area contributed by atoms with Crippen LogP contribution in [0.3, 0.4) is 0 Å². The average Bonchev–Trinajstić information content (AvgIpc) is 2.86. The van der Waals surface area contributed by atoms with Crippen LogP contribution in [0, 0.1) is 13.8 Å². The van der Waals surface area contributed by atoms with E-state index in [1.807, 2.05) is 32.0 Å². The SMILES string of the molecule is Cc1noc(C)c1S(=O)(=O)N1CCN(c2ccccc2)CC1(C)C. The fraction of sp³-hybridized carbons (Fsp3) is 0.471. The third-order valence-electron chi connectivity index (χ3n) is 4.46. The predicted octanol–water partition coefficient (Wildman–Crippen LogP) is 2.58. The minimum absolute atomic E-state index is 0.198. The molecule has 7 heteroatoms. The highest BCUT2D eigenvalue weighted by molar-refractivity contribution is 7.89. The van der Waals surface area contributed by atoms with Crippen LogP contribution in [0.2, 0.25) is 0 Å². The van der Waals surface area contributed by atoms with E-state index in [0.717, 1.165) is 5.69 Å². The molecule has 0 saturated carbocycles. The number of piperazine rings is 1. The second kappa shape index (κ2) is 5.89. The van der Waals surface area contributed by atoms with Gasteiger partial charge >= 0.3 is 0 Å². The van der Waals surface area contributed by atoms with Crippen molar-refractivity contribution in [2.75, 3.05) is 24.5 Å². The first kappa shape index (κ1) is 17.0. The maximum absolute atomic E-state index is 13.2. The molecular weight excluding hydrogens is 326 g/mol. The maximum Gasteiger partial charge on any atom is 0.249 e. The minimum atomic E-state index is -3.64. The van der Waals surface area contributed by atoms with Gasteiger partial charge in [-0.3, -0.25) is 0 Å². The van der Waals surface area contributed by atoms with Gasteiger partial charge in [0.15, 0.2) is 5.76 Å². The third kappa shape index (κ3) is 2.82. The first-order chi connectivity index (χ1) is 11.2. The van der Waals surface area contributed by atoms with Crippen LogP contribution in [0.4, 0.5) is 5.69 Å². The van der Waals surface area contributed by atoms with E-state index in [-0.39, 0.29) is 4.90 Å². The van der Waals surface area contributed by atoms with Crippen molar-refractivity contribution in [2.45, 2.75) is 38.1 Å². The Bertz CT molecular complexity index is 809. The quantitative estimate of drug-likeness (QED) is 0.852. The van der Waals surface area contributed by atoms with E-state index in [1.54, 1.807) is 18.2 Å². The average molecular weight is 349 g/mol. The molecule has 24 heavy (non-hydrogen) atoms. The molecule has 0 unspecified atom stereocenters. The summed E-state index contributed by atoms with van der Waals surface area (Å²) in [7, 11) is -3.64. The van der Waals surface area contributed by atoms with Crippen LogP contribution in [-0.2, 0) is 10.0 Å². The van der Waals surface area contributed by atoms with Crippen molar-refractivity contribution in [3.63, 3.8) is 0 Å². The topological polar surface area (TPSA) is 66.7 Å². The smallest absolute Gasteiger partial charge is 0.249 e. The van der Waals surface area contributed by atoms with Gasteiger partial charge in [0.25, 0.3) is 0 Å². The lowest BCUT2D eigenvalue weighted by atomic mass is 10.0. The molecule has 1 saturated heterocycles. The van der Waals surface area contributed by atoms with Crippen LogP contribution >= 0.6 is 0 Å². The molecule has 1 fully saturated rings. The van der Waals surface area contributed by atoms with Crippen LogP contribution in [0.25, 0.3) is 0 Å². The van der Waals surface area contributed by atoms with E-state index in [1.165, 1.54) is 0 Å². The Hall–Kier alpha value is -1.86. The first-order valence-corrected chi connectivity index (χ1v) is 9.43. The van der Waals surface area contributed by atoms with Crippen LogP contribution in [0.15, 0.2) is 39.8 Å². The van der Waals surface area contributed by atoms with Gasteiger partial charge in [-0.25, -0.2) is 8.42 Å². The molecule has 2 aromatic rings. The van der Waals surface area contributed by atoms with Crippen molar-refractivity contribution >= 4 is 15.7 Å². The Labute approximate surface area is 143 Å². The summed E-state index contributed by atoms with van der Waals surface area (Å²) in [4.78, 5) is 2.42. The Morgan fingerprint density at radius 3 is 2.33 bits per heavy atom. The van der Waals surface area contributed by atoms with E-state index in [9.17, 15) is 8.42 Å². The molecule has 0 radical (unpaired) electrons. The third-order valence-corrected chi connectivity index (χ3v) is 6.82. The Morgan fingerprint density at radius 2 is 1.79 bits per heavy atom. The monoisotopic (exact) mass is 349 g/mol. The Kier molecular flexibility index (Phi) is 4.17. The second-order valence-electron chi connectivity index (χ2n) is 6.80. The normalized spacial score (nSPS) is 18.8. The zero-order chi connectivity index (χ0) is 17.5. The molecule has 2 heterocycles. The molecule has 1 aliphatic heterocycles. The molecule has 0 aliphatic carbocycles. The van der Waals surface area contributed by atoms with Gasteiger partial charge in [-0.2, -0.15) is 4.31 Å². The second-order valence-corrected chi connectivity index (χ2v) is 8.60. The summed E-state index contributed by atoms with van der Waals surface area (Å²) in [6.07, 6.45) is 0. The molecule has 1 aromatic heterocycles. The van der Waals surface area contributed by atoms with E-state index in [0.29, 0.717) is 31.1 Å². The van der Waals surface area contributed by atoms with Crippen LogP contribution in [0.1, 0.15) is 25.3 Å². The summed E-state index contributed by atoms with van der Waals surface area (Å²) in [5, 5.41) is 3.80. The summed E-state index contributed by atoms with van der Waals surface area (Å²) in [5.41, 5.74) is 0.983. The van der Waals surface area contributed by atoms with Gasteiger partial charge in [0.05, 0.1) is 0 Å². The van der Waals surface area contributed by atoms with Gasteiger partial charge in [0, 0.05) is 30.9 Å². The summed E-state index contributed by atoms with van der Waals surface area (Å²) in [6, 6.07) is 10.1. The number of para-hydroxylation sites is 1. The van der Waals surface area contributed by atoms with Crippen molar-refractivity contribution in [2.24, 2.45) is 0 Å². The van der Waals surface area contributed by atoms with Gasteiger partial charge in [0.1, 0.15) is 10.6 Å². The molecule has 6 nitrogen and oxygen atoms in total. The summed E-state index contributed by atoms with van der Waals surface area (Å²) in [5.74, 6) is 0.341. The number of hydrogen-bond acceptors (Lipinski definition) is 5. The molecule has 1 aliphatic rings. The number of rotatable bonds is 3. The van der Waals surface area contributed by atoms with Gasteiger partial charge in [-0.1, -0.05) is 23.4 Å². The fourth-order valence-electron chi connectivity index (χ4n) is 3.40. The molecule has 0 atom stereocenters. The summed E-state index contributed by atoms with van der Waals surface area (Å²) in [6.45, 7) is 8.91. The lowest BCUT2D eigenvalue weighted by Crippen LogP contribution is -2.61. The number of aromatic nitrogens is 1. The van der Waals surface area contributed by atoms with Crippen molar-refractivity contribution in [3.8, 4) is 0 Å². The highest BCUT2D eigenvalue weighted by atomic mass is 32.2. The number of sulfonamides is 1. The zero-order valence-corrected chi connectivity index (χ0v) is 15.3.